The number of anilines is 3. The summed E-state index contributed by atoms with van der Waals surface area (Å²) in [5, 5.41) is 2.50. The van der Waals surface area contributed by atoms with Gasteiger partial charge >= 0.3 is 0 Å². The van der Waals surface area contributed by atoms with Crippen LogP contribution in [0.5, 0.6) is 0 Å². The topological polar surface area (TPSA) is 8.17 Å². The van der Waals surface area contributed by atoms with Crippen LogP contribution in [0.15, 0.2) is 291 Å². The molecular weight excluding hydrogens is 929 g/mol. The van der Waals surface area contributed by atoms with E-state index in [1.807, 2.05) is 0 Å². The van der Waals surface area contributed by atoms with Gasteiger partial charge in [-0.25, -0.2) is 0 Å². The third-order valence-corrected chi connectivity index (χ3v) is 16.6. The summed E-state index contributed by atoms with van der Waals surface area (Å²) in [7, 11) is 0. The molecule has 2 heteroatoms. The lowest BCUT2D eigenvalue weighted by Gasteiger charge is -2.34. The van der Waals surface area contributed by atoms with Crippen LogP contribution in [0.3, 0.4) is 0 Å². The molecule has 0 fully saturated rings. The highest BCUT2D eigenvalue weighted by Crippen LogP contribution is 2.57. The summed E-state index contributed by atoms with van der Waals surface area (Å²) in [4.78, 5) is 2.49. The maximum absolute atomic E-state index is 2.49. The molecule has 0 atom stereocenters. The molecule has 15 rings (SSSR count). The van der Waals surface area contributed by atoms with E-state index in [1.54, 1.807) is 0 Å². The van der Waals surface area contributed by atoms with Crippen LogP contribution >= 0.6 is 0 Å². The van der Waals surface area contributed by atoms with Crippen LogP contribution in [-0.2, 0) is 18.3 Å². The molecule has 2 nitrogen and oxygen atoms in total. The summed E-state index contributed by atoms with van der Waals surface area (Å²) in [6.45, 7) is 0. The minimum atomic E-state index is -0.494. The fraction of sp³-hybridized carbons (Fsp3) is 0.0400. The van der Waals surface area contributed by atoms with E-state index in [1.165, 1.54) is 105 Å². The average Bonchev–Trinajstić information content (AvgIpc) is 4.22. The Kier molecular flexibility index (Phi) is 10.6. The molecule has 13 aromatic rings. The number of hydrogen-bond donors (Lipinski definition) is 0. The lowest BCUT2D eigenvalue weighted by Crippen LogP contribution is -2.28. The highest BCUT2D eigenvalue weighted by atomic mass is 15.1. The highest BCUT2D eigenvalue weighted by molar-refractivity contribution is 6.10. The first-order chi connectivity index (χ1) is 38.2. The Morgan fingerprint density at radius 2 is 0.753 bits per heavy atom. The van der Waals surface area contributed by atoms with Gasteiger partial charge in [0.15, 0.2) is 0 Å². The van der Waals surface area contributed by atoms with E-state index >= 15 is 0 Å². The summed E-state index contributed by atoms with van der Waals surface area (Å²) < 4.78 is 2.40. The second kappa shape index (κ2) is 18.3. The van der Waals surface area contributed by atoms with E-state index in [2.05, 4.69) is 301 Å². The number of aromatic nitrogens is 1. The zero-order chi connectivity index (χ0) is 50.9. The molecule has 362 valence electrons. The van der Waals surface area contributed by atoms with Crippen LogP contribution in [0.2, 0.25) is 0 Å². The lowest BCUT2D eigenvalue weighted by atomic mass is 9.68. The fourth-order valence-corrected chi connectivity index (χ4v) is 13.2. The Bertz CT molecular complexity index is 4340. The highest BCUT2D eigenvalue weighted by Gasteiger charge is 2.46. The van der Waals surface area contributed by atoms with Gasteiger partial charge < -0.3 is 9.47 Å². The number of hydrogen-bond acceptors (Lipinski definition) is 1. The monoisotopic (exact) mass is 980 g/mol. The number of rotatable bonds is 7. The molecular formula is C75H52N2. The second-order valence-corrected chi connectivity index (χ2v) is 20.7. The summed E-state index contributed by atoms with van der Waals surface area (Å²) in [6, 6.07) is 108. The minimum Gasteiger partial charge on any atom is -0.310 e. The number of para-hydroxylation sites is 2. The Morgan fingerprint density at radius 1 is 0.286 bits per heavy atom. The molecule has 0 bridgehead atoms. The van der Waals surface area contributed by atoms with Crippen molar-refractivity contribution in [3.05, 3.63) is 336 Å². The standard InChI is InChI=1S/C75H52N2/c1-4-23-57(24-5-1)75(58-25-6-2-7-26-58)71-34-18-16-32-67(71)70-50-62(42-45-72(70)75)76(60-39-36-51(37-40-60)52-38-43-69-68-33-17-19-35-73(68)77(74(69)49-52)59-27-8-3-9-28-59)61-41-44-66-56(48-61)47-55-22-12-14-30-64(55)63-29-13-10-20-53(63)46-54-21-11-15-31-65(54)66/h1-45,48-50H,46-47H2. The van der Waals surface area contributed by atoms with Crippen LogP contribution in [0.25, 0.3) is 72.0 Å². The lowest BCUT2D eigenvalue weighted by molar-refractivity contribution is 0.768. The van der Waals surface area contributed by atoms with Crippen LogP contribution < -0.4 is 4.90 Å². The third-order valence-electron chi connectivity index (χ3n) is 16.6. The van der Waals surface area contributed by atoms with Gasteiger partial charge in [-0.05, 0) is 163 Å². The molecule has 0 radical (unpaired) electrons. The zero-order valence-electron chi connectivity index (χ0n) is 42.5. The molecule has 0 saturated carbocycles. The molecule has 0 saturated heterocycles. The van der Waals surface area contributed by atoms with Crippen molar-refractivity contribution < 1.29 is 0 Å². The predicted molar refractivity (Wildman–Crippen MR) is 321 cm³/mol. The van der Waals surface area contributed by atoms with Gasteiger partial charge in [0.05, 0.1) is 16.4 Å². The third kappa shape index (κ3) is 7.25. The van der Waals surface area contributed by atoms with Crippen molar-refractivity contribution in [3.8, 4) is 50.2 Å². The molecule has 2 aliphatic rings. The summed E-state index contributed by atoms with van der Waals surface area (Å²) in [6.07, 6.45) is 1.64. The van der Waals surface area contributed by atoms with Crippen molar-refractivity contribution in [1.29, 1.82) is 0 Å². The number of fused-ring (bicyclic) bond motifs is 12. The van der Waals surface area contributed by atoms with Gasteiger partial charge in [-0.15, -0.1) is 0 Å². The van der Waals surface area contributed by atoms with Gasteiger partial charge in [-0.2, -0.15) is 0 Å². The Hall–Kier alpha value is -9.76. The van der Waals surface area contributed by atoms with Crippen molar-refractivity contribution in [1.82, 2.24) is 4.57 Å². The minimum absolute atomic E-state index is 0.494. The SMILES string of the molecule is c1ccc(-n2c3ccccc3c3ccc(-c4ccc(N(c5ccc6c(c5)Cc5ccccc5-c5ccccc5Cc5ccccc5-6)c5ccc6c(c5)-c5ccccc5C6(c5ccccc5)c5ccccc5)cc4)cc32)cc1. The van der Waals surface area contributed by atoms with Gasteiger partial charge in [-0.1, -0.05) is 231 Å². The molecule has 12 aromatic carbocycles. The van der Waals surface area contributed by atoms with Crippen LogP contribution in [0, 0.1) is 0 Å². The second-order valence-electron chi connectivity index (χ2n) is 20.7. The van der Waals surface area contributed by atoms with E-state index in [0.29, 0.717) is 0 Å². The molecule has 1 heterocycles. The van der Waals surface area contributed by atoms with Crippen molar-refractivity contribution in [2.24, 2.45) is 0 Å². The van der Waals surface area contributed by atoms with Crippen molar-refractivity contribution in [2.45, 2.75) is 18.3 Å². The average molecular weight is 981 g/mol. The largest absolute Gasteiger partial charge is 0.310 e. The number of benzene rings is 12. The Labute approximate surface area is 450 Å². The van der Waals surface area contributed by atoms with E-state index in [4.69, 9.17) is 0 Å². The van der Waals surface area contributed by atoms with E-state index in [9.17, 15) is 0 Å². The van der Waals surface area contributed by atoms with E-state index in [0.717, 1.165) is 41.2 Å². The summed E-state index contributed by atoms with van der Waals surface area (Å²) >= 11 is 0. The van der Waals surface area contributed by atoms with E-state index < -0.39 is 5.41 Å². The maximum Gasteiger partial charge on any atom is 0.0713 e. The smallest absolute Gasteiger partial charge is 0.0713 e. The maximum atomic E-state index is 2.49. The van der Waals surface area contributed by atoms with Crippen molar-refractivity contribution in [3.63, 3.8) is 0 Å². The zero-order valence-corrected chi connectivity index (χ0v) is 42.5. The van der Waals surface area contributed by atoms with Gasteiger partial charge in [0.1, 0.15) is 0 Å². The molecule has 0 spiro atoms. The quantitative estimate of drug-likeness (QED) is 0.154. The van der Waals surface area contributed by atoms with Crippen LogP contribution in [0.1, 0.15) is 44.5 Å². The van der Waals surface area contributed by atoms with E-state index in [-0.39, 0.29) is 0 Å². The Balaban J connectivity index is 0.925. The van der Waals surface area contributed by atoms with Crippen LogP contribution in [-0.4, -0.2) is 4.57 Å². The molecule has 1 aromatic heterocycles. The Morgan fingerprint density at radius 3 is 1.42 bits per heavy atom. The normalized spacial score (nSPS) is 12.9. The molecule has 0 unspecified atom stereocenters. The number of nitrogens with zero attached hydrogens (tertiary/aromatic N) is 2. The first-order valence-corrected chi connectivity index (χ1v) is 26.9. The summed E-state index contributed by atoms with van der Waals surface area (Å²) in [5.74, 6) is 0. The molecule has 2 aliphatic carbocycles. The molecule has 0 amide bonds. The predicted octanol–water partition coefficient (Wildman–Crippen LogP) is 19.1. The van der Waals surface area contributed by atoms with Crippen LogP contribution in [0.4, 0.5) is 17.1 Å². The first kappa shape index (κ1) is 44.7. The van der Waals surface area contributed by atoms with Gasteiger partial charge in [0.25, 0.3) is 0 Å². The molecule has 77 heavy (non-hydrogen) atoms. The molecule has 0 aliphatic heterocycles. The first-order valence-electron chi connectivity index (χ1n) is 26.9. The van der Waals surface area contributed by atoms with Gasteiger partial charge in [0, 0.05) is 33.5 Å². The fourth-order valence-electron chi connectivity index (χ4n) is 13.2. The van der Waals surface area contributed by atoms with Gasteiger partial charge in [-0.3, -0.25) is 0 Å². The van der Waals surface area contributed by atoms with Crippen molar-refractivity contribution >= 4 is 38.9 Å². The van der Waals surface area contributed by atoms with Crippen molar-refractivity contribution in [2.75, 3.05) is 4.90 Å². The molecule has 0 N–H and O–H groups in total. The van der Waals surface area contributed by atoms with Gasteiger partial charge in [0.2, 0.25) is 0 Å². The summed E-state index contributed by atoms with van der Waals surface area (Å²) in [5.41, 5.74) is 26.8.